The van der Waals surface area contributed by atoms with Crippen LogP contribution in [0.2, 0.25) is 0 Å². The van der Waals surface area contributed by atoms with E-state index >= 15 is 0 Å². The van der Waals surface area contributed by atoms with Gasteiger partial charge in [-0.3, -0.25) is 10.1 Å². The Balaban J connectivity index is 1.63. The number of halogens is 2. The van der Waals surface area contributed by atoms with Gasteiger partial charge in [0.2, 0.25) is 0 Å². The molecule has 2 heterocycles. The molecule has 2 atom stereocenters. The van der Waals surface area contributed by atoms with Crippen LogP contribution in [-0.4, -0.2) is 40.9 Å². The molecule has 0 amide bonds. The van der Waals surface area contributed by atoms with Gasteiger partial charge in [0.25, 0.3) is 0 Å². The average Bonchev–Trinajstić information content (AvgIpc) is 3.23. The van der Waals surface area contributed by atoms with Crippen LogP contribution in [0.1, 0.15) is 18.5 Å². The molecule has 1 aromatic heterocycles. The molecular formula is C17H23F2N5. The topological polar surface area (TPSA) is 45.1 Å². The number of benzene rings is 1. The number of hydrazine groups is 1. The van der Waals surface area contributed by atoms with Crippen LogP contribution in [0.3, 0.4) is 0 Å². The van der Waals surface area contributed by atoms with Crippen molar-refractivity contribution in [2.75, 3.05) is 26.2 Å². The van der Waals surface area contributed by atoms with Crippen molar-refractivity contribution in [3.05, 3.63) is 53.9 Å². The number of hydrogen-bond donors (Lipinski definition) is 2. The summed E-state index contributed by atoms with van der Waals surface area (Å²) in [5, 5.41) is 4.22. The van der Waals surface area contributed by atoms with E-state index in [4.69, 9.17) is 0 Å². The molecule has 5 nitrogen and oxygen atoms in total. The maximum Gasteiger partial charge on any atom is 0.130 e. The summed E-state index contributed by atoms with van der Waals surface area (Å²) in [5.74, 6) is -0.837. The Labute approximate surface area is 140 Å². The fourth-order valence-corrected chi connectivity index (χ4v) is 3.18. The van der Waals surface area contributed by atoms with Gasteiger partial charge >= 0.3 is 0 Å². The molecule has 1 aliphatic heterocycles. The molecule has 2 N–H and O–H groups in total. The molecule has 3 rings (SSSR count). The second-order valence-electron chi connectivity index (χ2n) is 6.09. The van der Waals surface area contributed by atoms with Gasteiger partial charge in [-0.25, -0.2) is 14.2 Å². The van der Waals surface area contributed by atoms with Gasteiger partial charge in [0, 0.05) is 49.6 Å². The summed E-state index contributed by atoms with van der Waals surface area (Å²) in [7, 11) is 0. The maximum absolute atomic E-state index is 14.1. The normalized spacial score (nSPS) is 20.8. The predicted molar refractivity (Wildman–Crippen MR) is 88.1 cm³/mol. The van der Waals surface area contributed by atoms with E-state index in [2.05, 4.69) is 27.8 Å². The van der Waals surface area contributed by atoms with Crippen molar-refractivity contribution in [2.24, 2.45) is 5.92 Å². The highest BCUT2D eigenvalue weighted by Crippen LogP contribution is 2.28. The number of hydrogen-bond acceptors (Lipinski definition) is 4. The van der Waals surface area contributed by atoms with Crippen LogP contribution in [0.5, 0.6) is 0 Å². The monoisotopic (exact) mass is 335 g/mol. The molecule has 1 saturated heterocycles. The van der Waals surface area contributed by atoms with E-state index in [0.717, 1.165) is 38.8 Å². The van der Waals surface area contributed by atoms with Crippen molar-refractivity contribution in [1.29, 1.82) is 0 Å². The van der Waals surface area contributed by atoms with Gasteiger partial charge in [0.05, 0.1) is 12.6 Å². The second-order valence-corrected chi connectivity index (χ2v) is 6.09. The van der Waals surface area contributed by atoms with Gasteiger partial charge in [0.15, 0.2) is 0 Å². The minimum atomic E-state index is -0.548. The van der Waals surface area contributed by atoms with Gasteiger partial charge in [0.1, 0.15) is 11.6 Å². The van der Waals surface area contributed by atoms with E-state index in [9.17, 15) is 8.78 Å². The molecule has 0 saturated carbocycles. The highest BCUT2D eigenvalue weighted by Gasteiger charge is 2.31. The van der Waals surface area contributed by atoms with Gasteiger partial charge in [-0.2, -0.15) is 5.10 Å². The molecular weight excluding hydrogens is 312 g/mol. The Morgan fingerprint density at radius 1 is 1.38 bits per heavy atom. The number of nitrogens with one attached hydrogen (secondary N) is 2. The molecule has 1 fully saturated rings. The molecule has 0 radical (unpaired) electrons. The molecule has 2 aromatic rings. The largest absolute Gasteiger partial charge is 0.301 e. The first-order chi connectivity index (χ1) is 11.7. The first-order valence-corrected chi connectivity index (χ1v) is 8.30. The zero-order valence-electron chi connectivity index (χ0n) is 13.8. The van der Waals surface area contributed by atoms with Crippen LogP contribution >= 0.6 is 0 Å². The van der Waals surface area contributed by atoms with Crippen molar-refractivity contribution in [1.82, 2.24) is 25.5 Å². The van der Waals surface area contributed by atoms with Crippen molar-refractivity contribution in [2.45, 2.75) is 19.5 Å². The minimum absolute atomic E-state index is 0.163. The van der Waals surface area contributed by atoms with E-state index < -0.39 is 11.6 Å². The Bertz CT molecular complexity index is 646. The second kappa shape index (κ2) is 7.83. The lowest BCUT2D eigenvalue weighted by atomic mass is 9.94. The Morgan fingerprint density at radius 3 is 2.96 bits per heavy atom. The summed E-state index contributed by atoms with van der Waals surface area (Å²) >= 11 is 0. The quantitative estimate of drug-likeness (QED) is 0.812. The molecule has 0 aliphatic carbocycles. The van der Waals surface area contributed by atoms with Crippen molar-refractivity contribution in [3.63, 3.8) is 0 Å². The highest BCUT2D eigenvalue weighted by atomic mass is 19.1. The van der Waals surface area contributed by atoms with Crippen molar-refractivity contribution >= 4 is 0 Å². The number of likely N-dealkylation sites (N-methyl/N-ethyl adjacent to an activating group) is 1. The highest BCUT2D eigenvalue weighted by molar-refractivity contribution is 5.23. The molecule has 2 unspecified atom stereocenters. The van der Waals surface area contributed by atoms with Crippen LogP contribution in [0.4, 0.5) is 8.78 Å². The van der Waals surface area contributed by atoms with Crippen molar-refractivity contribution < 1.29 is 8.78 Å². The summed E-state index contributed by atoms with van der Waals surface area (Å²) in [6.45, 7) is 6.32. The van der Waals surface area contributed by atoms with Crippen molar-refractivity contribution in [3.8, 4) is 0 Å². The molecule has 1 aliphatic rings. The van der Waals surface area contributed by atoms with Crippen LogP contribution in [-0.2, 0) is 6.54 Å². The van der Waals surface area contributed by atoms with E-state index in [0.29, 0.717) is 5.56 Å². The number of rotatable bonds is 7. The summed E-state index contributed by atoms with van der Waals surface area (Å²) < 4.78 is 29.1. The third kappa shape index (κ3) is 3.98. The molecule has 1 aromatic carbocycles. The van der Waals surface area contributed by atoms with Crippen LogP contribution in [0.15, 0.2) is 36.7 Å². The standard InChI is InChI=1S/C17H23F2N5/c1-2-23(8-9-24-7-3-6-21-24)12-13-11-20-22-17(13)15-5-4-14(18)10-16(15)19/h3-7,10,13,17,20,22H,2,8-9,11-12H2,1H3. The van der Waals surface area contributed by atoms with E-state index in [1.165, 1.54) is 12.1 Å². The summed E-state index contributed by atoms with van der Waals surface area (Å²) in [6, 6.07) is 5.54. The van der Waals surface area contributed by atoms with Crippen LogP contribution in [0.25, 0.3) is 0 Å². The first-order valence-electron chi connectivity index (χ1n) is 8.30. The summed E-state index contributed by atoms with van der Waals surface area (Å²) in [6.07, 6.45) is 3.72. The molecule has 24 heavy (non-hydrogen) atoms. The third-order valence-electron chi connectivity index (χ3n) is 4.54. The molecule has 7 heteroatoms. The molecule has 0 bridgehead atoms. The zero-order valence-corrected chi connectivity index (χ0v) is 13.8. The fourth-order valence-electron chi connectivity index (χ4n) is 3.18. The van der Waals surface area contributed by atoms with Gasteiger partial charge < -0.3 is 4.90 Å². The van der Waals surface area contributed by atoms with E-state index in [-0.39, 0.29) is 12.0 Å². The Hall–Kier alpha value is -1.83. The van der Waals surface area contributed by atoms with E-state index in [1.54, 1.807) is 6.20 Å². The summed E-state index contributed by atoms with van der Waals surface area (Å²) in [5.41, 5.74) is 6.74. The van der Waals surface area contributed by atoms with Gasteiger partial charge in [-0.15, -0.1) is 0 Å². The molecule has 130 valence electrons. The smallest absolute Gasteiger partial charge is 0.130 e. The van der Waals surface area contributed by atoms with Gasteiger partial charge in [-0.05, 0) is 18.7 Å². The fraction of sp³-hybridized carbons (Fsp3) is 0.471. The maximum atomic E-state index is 14.1. The van der Waals surface area contributed by atoms with Gasteiger partial charge in [-0.1, -0.05) is 13.0 Å². The van der Waals surface area contributed by atoms with E-state index in [1.807, 2.05) is 16.9 Å². The lowest BCUT2D eigenvalue weighted by Crippen LogP contribution is -2.35. The number of nitrogens with zero attached hydrogens (tertiary/aromatic N) is 3. The number of aromatic nitrogens is 2. The lowest BCUT2D eigenvalue weighted by molar-refractivity contribution is 0.224. The first kappa shape index (κ1) is 17.0. The third-order valence-corrected chi connectivity index (χ3v) is 4.54. The minimum Gasteiger partial charge on any atom is -0.301 e. The average molecular weight is 335 g/mol. The SMILES string of the molecule is CCN(CCn1cccn1)CC1CNNC1c1ccc(F)cc1F. The molecule has 0 spiro atoms. The Morgan fingerprint density at radius 2 is 2.25 bits per heavy atom. The predicted octanol–water partition coefficient (Wildman–Crippen LogP) is 1.95. The Kier molecular flexibility index (Phi) is 5.55. The van der Waals surface area contributed by atoms with Crippen LogP contribution < -0.4 is 10.9 Å². The lowest BCUT2D eigenvalue weighted by Gasteiger charge is -2.27. The zero-order chi connectivity index (χ0) is 16.9. The summed E-state index contributed by atoms with van der Waals surface area (Å²) in [4.78, 5) is 2.33. The van der Waals surface area contributed by atoms with Crippen LogP contribution in [0, 0.1) is 17.6 Å².